The third-order valence-electron chi connectivity index (χ3n) is 11.1. The Morgan fingerprint density at radius 1 is 0.917 bits per heavy atom. The van der Waals surface area contributed by atoms with Crippen LogP contribution < -0.4 is 21.3 Å². The summed E-state index contributed by atoms with van der Waals surface area (Å²) in [4.78, 5) is 69.3. The second kappa shape index (κ2) is 13.5. The molecule has 0 spiro atoms. The average molecular weight is 694 g/mol. The minimum absolute atomic E-state index is 0.00492. The first kappa shape index (κ1) is 38.1. The lowest BCUT2D eigenvalue weighted by molar-refractivity contribution is -0.145. The van der Waals surface area contributed by atoms with E-state index in [1.807, 2.05) is 27.7 Å². The molecule has 3 aliphatic carbocycles. The van der Waals surface area contributed by atoms with E-state index in [-0.39, 0.29) is 29.0 Å². The Labute approximate surface area is 287 Å². The first-order valence-corrected chi connectivity index (χ1v) is 19.5. The summed E-state index contributed by atoms with van der Waals surface area (Å²) in [5.41, 5.74) is -1.90. The molecule has 0 aromatic heterocycles. The van der Waals surface area contributed by atoms with Crippen LogP contribution in [-0.4, -0.2) is 89.6 Å². The summed E-state index contributed by atoms with van der Waals surface area (Å²) in [7, 11) is -3.56. The summed E-state index contributed by atoms with van der Waals surface area (Å²) in [6.07, 6.45) is 6.10. The van der Waals surface area contributed by atoms with Crippen molar-refractivity contribution >= 4 is 39.4 Å². The Kier molecular flexibility index (Phi) is 10.8. The van der Waals surface area contributed by atoms with E-state index < -0.39 is 73.2 Å². The summed E-state index contributed by atoms with van der Waals surface area (Å²) in [6.45, 7) is 16.8. The van der Waals surface area contributed by atoms with Gasteiger partial charge < -0.3 is 26.2 Å². The SMILES string of the molecule is CCC[C@H](NC(=O)[C@@H]1[C@@H]2C(CN1C(=O)[C@@H](NC(=O)NC1(CS(=O)(=O)C(C)(C)C)CCCCC1)C(C)(C)C)C2(C)C)C(=O)C(=O)NC1CC1. The number of carbonyl (C=O) groups excluding carboxylic acids is 5. The number of ketones is 1. The fraction of sp³-hybridized carbons (Fsp3) is 0.857. The summed E-state index contributed by atoms with van der Waals surface area (Å²) in [5.74, 6) is -2.53. The van der Waals surface area contributed by atoms with Crippen molar-refractivity contribution in [3.63, 3.8) is 0 Å². The standard InChI is InChI=1S/C35H59N5O7S/c1-10-14-23(26(41)29(43)36-21-15-16-21)37-28(42)25-24-22(34(24,8)9)19-40(25)30(44)27(32(2,3)4)38-31(45)39-35(17-12-11-13-18-35)20-48(46,47)33(5,6)7/h21-25,27H,10-20H2,1-9H3,(H,36,43)(H,37,42)(H2,38,39,45)/t22?,23-,24-,25-,27+/m0/s1. The topological polar surface area (TPSA) is 171 Å². The molecule has 1 unspecified atom stereocenters. The number of fused-ring (bicyclic) bond motifs is 1. The lowest BCUT2D eigenvalue weighted by atomic mass is 9.83. The predicted molar refractivity (Wildman–Crippen MR) is 184 cm³/mol. The highest BCUT2D eigenvalue weighted by Crippen LogP contribution is 2.65. The van der Waals surface area contributed by atoms with Gasteiger partial charge in [0, 0.05) is 12.6 Å². The third kappa shape index (κ3) is 8.18. The second-order valence-electron chi connectivity index (χ2n) is 17.5. The van der Waals surface area contributed by atoms with Crippen molar-refractivity contribution in [2.75, 3.05) is 12.3 Å². The molecule has 0 radical (unpaired) electrons. The molecule has 0 bridgehead atoms. The van der Waals surface area contributed by atoms with Crippen LogP contribution in [0.15, 0.2) is 0 Å². The van der Waals surface area contributed by atoms with Crippen molar-refractivity contribution in [1.82, 2.24) is 26.2 Å². The molecule has 1 saturated heterocycles. The highest BCUT2D eigenvalue weighted by Gasteiger charge is 2.70. The van der Waals surface area contributed by atoms with E-state index in [1.165, 1.54) is 4.90 Å². The van der Waals surface area contributed by atoms with Crippen LogP contribution in [0, 0.1) is 22.7 Å². The molecule has 13 heteroatoms. The van der Waals surface area contributed by atoms with Crippen molar-refractivity contribution in [3.05, 3.63) is 0 Å². The molecule has 4 rings (SSSR count). The highest BCUT2D eigenvalue weighted by molar-refractivity contribution is 7.92. The van der Waals surface area contributed by atoms with Gasteiger partial charge in [0.25, 0.3) is 5.91 Å². The van der Waals surface area contributed by atoms with Crippen molar-refractivity contribution in [2.45, 2.75) is 155 Å². The number of nitrogens with one attached hydrogen (secondary N) is 4. The second-order valence-corrected chi connectivity index (χ2v) is 20.2. The molecule has 1 heterocycles. The van der Waals surface area contributed by atoms with E-state index in [9.17, 15) is 32.4 Å². The van der Waals surface area contributed by atoms with Crippen molar-refractivity contribution in [2.24, 2.45) is 22.7 Å². The number of likely N-dealkylation sites (tertiary alicyclic amines) is 1. The summed E-state index contributed by atoms with van der Waals surface area (Å²) in [6, 6.07) is -3.50. The number of carbonyl (C=O) groups is 5. The van der Waals surface area contributed by atoms with Crippen LogP contribution in [0.1, 0.15) is 120 Å². The Hall–Kier alpha value is -2.70. The Morgan fingerprint density at radius 2 is 1.52 bits per heavy atom. The largest absolute Gasteiger partial charge is 0.347 e. The van der Waals surface area contributed by atoms with Gasteiger partial charge in [-0.15, -0.1) is 0 Å². The van der Waals surface area contributed by atoms with Crippen molar-refractivity contribution in [3.8, 4) is 0 Å². The number of sulfone groups is 1. The van der Waals surface area contributed by atoms with Gasteiger partial charge in [-0.2, -0.15) is 0 Å². The van der Waals surface area contributed by atoms with E-state index in [1.54, 1.807) is 20.8 Å². The molecule has 0 aromatic rings. The molecule has 5 atom stereocenters. The zero-order chi connectivity index (χ0) is 36.0. The van der Waals surface area contributed by atoms with Crippen LogP contribution in [0.2, 0.25) is 0 Å². The minimum Gasteiger partial charge on any atom is -0.347 e. The minimum atomic E-state index is -3.56. The molecule has 48 heavy (non-hydrogen) atoms. The molecule has 5 amide bonds. The zero-order valence-electron chi connectivity index (χ0n) is 30.5. The van der Waals surface area contributed by atoms with Gasteiger partial charge in [0.1, 0.15) is 12.1 Å². The summed E-state index contributed by atoms with van der Waals surface area (Å²) in [5, 5.41) is 11.4. The van der Waals surface area contributed by atoms with Crippen LogP contribution in [0.25, 0.3) is 0 Å². The third-order valence-corrected chi connectivity index (χ3v) is 13.9. The maximum atomic E-state index is 14.4. The van der Waals surface area contributed by atoms with Gasteiger partial charge in [0.15, 0.2) is 9.84 Å². The molecule has 4 N–H and O–H groups in total. The number of nitrogens with zero attached hydrogens (tertiary/aromatic N) is 1. The Balaban J connectivity index is 1.54. The number of amides is 5. The lowest BCUT2D eigenvalue weighted by Gasteiger charge is -2.41. The Morgan fingerprint density at radius 3 is 2.04 bits per heavy atom. The number of Topliss-reactive ketones (excluding diaryl/α,β-unsaturated/α-hetero) is 1. The van der Waals surface area contributed by atoms with Gasteiger partial charge in [-0.3, -0.25) is 19.2 Å². The maximum Gasteiger partial charge on any atom is 0.315 e. The summed E-state index contributed by atoms with van der Waals surface area (Å²) >= 11 is 0. The van der Waals surface area contributed by atoms with Gasteiger partial charge in [-0.25, -0.2) is 13.2 Å². The summed E-state index contributed by atoms with van der Waals surface area (Å²) < 4.78 is 25.6. The quantitative estimate of drug-likeness (QED) is 0.227. The highest BCUT2D eigenvalue weighted by atomic mass is 32.2. The van der Waals surface area contributed by atoms with E-state index in [0.29, 0.717) is 32.2 Å². The first-order valence-electron chi connectivity index (χ1n) is 17.8. The van der Waals surface area contributed by atoms with Gasteiger partial charge in [0.2, 0.25) is 17.6 Å². The number of hydrogen-bond donors (Lipinski definition) is 4. The van der Waals surface area contributed by atoms with Crippen LogP contribution in [0.5, 0.6) is 0 Å². The molecule has 4 fully saturated rings. The molecule has 3 saturated carbocycles. The van der Waals surface area contributed by atoms with E-state index >= 15 is 0 Å². The van der Waals surface area contributed by atoms with Crippen molar-refractivity contribution in [1.29, 1.82) is 0 Å². The van der Waals surface area contributed by atoms with Crippen LogP contribution in [-0.2, 0) is 29.0 Å². The van der Waals surface area contributed by atoms with E-state index in [2.05, 4.69) is 35.1 Å². The fourth-order valence-corrected chi connectivity index (χ4v) is 9.13. The normalized spacial score (nSPS) is 26.0. The number of rotatable bonds is 12. The average Bonchev–Trinajstić information content (AvgIpc) is 3.81. The zero-order valence-corrected chi connectivity index (χ0v) is 31.3. The van der Waals surface area contributed by atoms with Gasteiger partial charge in [0.05, 0.1) is 22.1 Å². The maximum absolute atomic E-state index is 14.4. The first-order chi connectivity index (χ1) is 22.0. The molecule has 272 valence electrons. The Bertz CT molecular complexity index is 1390. The van der Waals surface area contributed by atoms with Crippen LogP contribution in [0.3, 0.4) is 0 Å². The number of piperidine rings is 1. The predicted octanol–water partition coefficient (Wildman–Crippen LogP) is 3.23. The number of urea groups is 1. The molecule has 12 nitrogen and oxygen atoms in total. The fourth-order valence-electron chi connectivity index (χ4n) is 7.61. The molecular formula is C35H59N5O7S. The van der Waals surface area contributed by atoms with E-state index in [0.717, 1.165) is 32.1 Å². The van der Waals surface area contributed by atoms with Crippen LogP contribution in [0.4, 0.5) is 4.79 Å². The van der Waals surface area contributed by atoms with Gasteiger partial charge in [-0.1, -0.05) is 67.2 Å². The van der Waals surface area contributed by atoms with Crippen LogP contribution >= 0.6 is 0 Å². The molecular weight excluding hydrogens is 634 g/mol. The van der Waals surface area contributed by atoms with E-state index in [4.69, 9.17) is 0 Å². The lowest BCUT2D eigenvalue weighted by Crippen LogP contribution is -2.64. The monoisotopic (exact) mass is 693 g/mol. The van der Waals surface area contributed by atoms with Gasteiger partial charge in [-0.05, 0) is 75.5 Å². The molecule has 0 aromatic carbocycles. The van der Waals surface area contributed by atoms with Crippen molar-refractivity contribution < 1.29 is 32.4 Å². The smallest absolute Gasteiger partial charge is 0.315 e. The number of hydrogen-bond acceptors (Lipinski definition) is 7. The molecule has 4 aliphatic rings. The molecule has 1 aliphatic heterocycles. The van der Waals surface area contributed by atoms with Gasteiger partial charge >= 0.3 is 6.03 Å².